The highest BCUT2D eigenvalue weighted by molar-refractivity contribution is 5.84. The first-order valence-corrected chi connectivity index (χ1v) is 6.50. The fourth-order valence-corrected chi connectivity index (χ4v) is 1.55. The van der Waals surface area contributed by atoms with E-state index < -0.39 is 30.1 Å². The van der Waals surface area contributed by atoms with Crippen LogP contribution in [0.2, 0.25) is 0 Å². The predicted octanol–water partition coefficient (Wildman–Crippen LogP) is -1.57. The Morgan fingerprint density at radius 3 is 2.19 bits per heavy atom. The van der Waals surface area contributed by atoms with Crippen molar-refractivity contribution >= 4 is 17.9 Å². The van der Waals surface area contributed by atoms with Gasteiger partial charge in [0.25, 0.3) is 0 Å². The molecule has 0 aliphatic carbocycles. The van der Waals surface area contributed by atoms with Crippen LogP contribution in [0.1, 0.15) is 19.8 Å². The van der Waals surface area contributed by atoms with Gasteiger partial charge in [-0.1, -0.05) is 0 Å². The molecule has 0 bridgehead atoms. The number of hydrogen-bond donors (Lipinski definition) is 5. The summed E-state index contributed by atoms with van der Waals surface area (Å²) in [7, 11) is 0. The van der Waals surface area contributed by atoms with E-state index in [9.17, 15) is 14.4 Å². The van der Waals surface area contributed by atoms with Crippen LogP contribution in [0.4, 0.5) is 0 Å². The molecule has 5 N–H and O–H groups in total. The quantitative estimate of drug-likeness (QED) is 0.379. The molecule has 0 aromatic rings. The van der Waals surface area contributed by atoms with Crippen LogP contribution in [0.15, 0.2) is 0 Å². The van der Waals surface area contributed by atoms with E-state index >= 15 is 0 Å². The number of ether oxygens (including phenoxy) is 1. The molecule has 1 fully saturated rings. The minimum Gasteiger partial charge on any atom is -0.481 e. The van der Waals surface area contributed by atoms with Gasteiger partial charge in [0.2, 0.25) is 0 Å². The first-order chi connectivity index (χ1) is 9.81. The van der Waals surface area contributed by atoms with E-state index in [0.717, 1.165) is 19.4 Å². The van der Waals surface area contributed by atoms with Crippen LogP contribution in [-0.4, -0.2) is 70.2 Å². The predicted molar refractivity (Wildman–Crippen MR) is 69.5 cm³/mol. The van der Waals surface area contributed by atoms with Crippen LogP contribution in [-0.2, 0) is 19.1 Å². The van der Waals surface area contributed by atoms with Crippen molar-refractivity contribution in [3.63, 3.8) is 0 Å². The molecule has 9 nitrogen and oxygen atoms in total. The maximum atomic E-state index is 10.6. The molecule has 3 atom stereocenters. The number of esters is 1. The molecule has 122 valence electrons. The molecular weight excluding hydrogens is 286 g/mol. The molecule has 0 aromatic carbocycles. The zero-order valence-electron chi connectivity index (χ0n) is 11.7. The normalized spacial score (nSPS) is 20.4. The average Bonchev–Trinajstić information content (AvgIpc) is 2.47. The van der Waals surface area contributed by atoms with E-state index in [-0.39, 0.29) is 12.5 Å². The van der Waals surface area contributed by atoms with Gasteiger partial charge < -0.3 is 30.5 Å². The molecule has 1 saturated heterocycles. The van der Waals surface area contributed by atoms with Crippen LogP contribution >= 0.6 is 0 Å². The van der Waals surface area contributed by atoms with Gasteiger partial charge >= 0.3 is 17.9 Å². The summed E-state index contributed by atoms with van der Waals surface area (Å²) in [5.41, 5.74) is 0. The second-order valence-corrected chi connectivity index (χ2v) is 4.36. The second kappa shape index (κ2) is 10.1. The molecule has 0 saturated carbocycles. The molecule has 0 aromatic heterocycles. The number of rotatable bonds is 5. The largest absolute Gasteiger partial charge is 0.481 e. The Morgan fingerprint density at radius 1 is 1.24 bits per heavy atom. The lowest BCUT2D eigenvalue weighted by atomic mass is 10.0. The Hall–Kier alpha value is -1.71. The average molecular weight is 307 g/mol. The third-order valence-electron chi connectivity index (χ3n) is 2.73. The fraction of sp³-hybridized carbons (Fsp3) is 0.750. The third-order valence-corrected chi connectivity index (χ3v) is 2.73. The van der Waals surface area contributed by atoms with Crippen molar-refractivity contribution in [2.24, 2.45) is 5.92 Å². The number of carbonyl (C=O) groups is 3. The number of aliphatic hydroxyl groups excluding tert-OH is 2. The molecule has 1 heterocycles. The minimum atomic E-state index is -2.14. The van der Waals surface area contributed by atoms with E-state index in [4.69, 9.17) is 20.4 Å². The molecular formula is C12H21NO8. The highest BCUT2D eigenvalue weighted by Gasteiger charge is 2.30. The van der Waals surface area contributed by atoms with Crippen molar-refractivity contribution in [2.45, 2.75) is 32.0 Å². The number of carbonyl (C=O) groups excluding carboxylic acids is 1. The fourth-order valence-electron chi connectivity index (χ4n) is 1.55. The Morgan fingerprint density at radius 2 is 1.86 bits per heavy atom. The second-order valence-electron chi connectivity index (χ2n) is 4.36. The SMILES string of the molecule is CCOC(=O)C(O)C(O)C(=O)O.O=C(O)[C@@H]1CCCNC1. The van der Waals surface area contributed by atoms with Crippen LogP contribution in [0.3, 0.4) is 0 Å². The Kier molecular flexibility index (Phi) is 9.26. The third kappa shape index (κ3) is 7.59. The summed E-state index contributed by atoms with van der Waals surface area (Å²) >= 11 is 0. The molecule has 1 rings (SSSR count). The van der Waals surface area contributed by atoms with Crippen molar-refractivity contribution in [1.82, 2.24) is 5.32 Å². The van der Waals surface area contributed by atoms with Crippen LogP contribution in [0, 0.1) is 5.92 Å². The lowest BCUT2D eigenvalue weighted by molar-refractivity contribution is -0.169. The number of hydrogen-bond acceptors (Lipinski definition) is 7. The van der Waals surface area contributed by atoms with Gasteiger partial charge in [0, 0.05) is 6.54 Å². The lowest BCUT2D eigenvalue weighted by Crippen LogP contribution is -2.40. The summed E-state index contributed by atoms with van der Waals surface area (Å²) in [6.45, 7) is 3.14. The smallest absolute Gasteiger partial charge is 0.338 e. The summed E-state index contributed by atoms with van der Waals surface area (Å²) in [6.07, 6.45) is -2.33. The molecule has 2 unspecified atom stereocenters. The Labute approximate surface area is 121 Å². The zero-order chi connectivity index (χ0) is 16.4. The van der Waals surface area contributed by atoms with Crippen molar-refractivity contribution in [1.29, 1.82) is 0 Å². The van der Waals surface area contributed by atoms with Gasteiger partial charge in [-0.3, -0.25) is 4.79 Å². The van der Waals surface area contributed by atoms with E-state index in [1.807, 2.05) is 0 Å². The van der Waals surface area contributed by atoms with Crippen LogP contribution < -0.4 is 5.32 Å². The molecule has 0 amide bonds. The van der Waals surface area contributed by atoms with E-state index in [1.165, 1.54) is 6.92 Å². The standard InChI is InChI=1S/C6H11NO2.C6H10O6/c8-6(9)5-2-1-3-7-4-5;1-2-12-6(11)4(8)3(7)5(9)10/h5,7H,1-4H2,(H,8,9);3-4,7-8H,2H2,1H3,(H,9,10)/t5-;/m1./s1. The monoisotopic (exact) mass is 307 g/mol. The zero-order valence-corrected chi connectivity index (χ0v) is 11.7. The Balaban J connectivity index is 0.000000394. The van der Waals surface area contributed by atoms with E-state index in [2.05, 4.69) is 10.1 Å². The number of aliphatic hydroxyl groups is 2. The van der Waals surface area contributed by atoms with Gasteiger partial charge in [-0.2, -0.15) is 0 Å². The molecule has 9 heteroatoms. The number of piperidine rings is 1. The first-order valence-electron chi connectivity index (χ1n) is 6.50. The van der Waals surface area contributed by atoms with E-state index in [1.54, 1.807) is 0 Å². The van der Waals surface area contributed by atoms with Crippen molar-refractivity contribution < 1.29 is 39.5 Å². The number of carboxylic acids is 2. The molecule has 0 spiro atoms. The number of nitrogens with one attached hydrogen (secondary N) is 1. The lowest BCUT2D eigenvalue weighted by Gasteiger charge is -2.18. The maximum Gasteiger partial charge on any atom is 0.338 e. The topological polar surface area (TPSA) is 153 Å². The Bertz CT molecular complexity index is 353. The summed E-state index contributed by atoms with van der Waals surface area (Å²) < 4.78 is 4.26. The number of aliphatic carboxylic acids is 2. The van der Waals surface area contributed by atoms with Gasteiger partial charge in [-0.25, -0.2) is 9.59 Å². The van der Waals surface area contributed by atoms with Crippen molar-refractivity contribution in [2.75, 3.05) is 19.7 Å². The van der Waals surface area contributed by atoms with E-state index in [0.29, 0.717) is 6.54 Å². The summed E-state index contributed by atoms with van der Waals surface area (Å²) in [5.74, 6) is -3.62. The highest BCUT2D eigenvalue weighted by Crippen LogP contribution is 2.08. The summed E-state index contributed by atoms with van der Waals surface area (Å²) in [4.78, 5) is 30.9. The van der Waals surface area contributed by atoms with Gasteiger partial charge in [0.1, 0.15) is 0 Å². The number of carboxylic acid groups (broad SMARTS) is 2. The molecule has 1 aliphatic heterocycles. The van der Waals surface area contributed by atoms with Crippen molar-refractivity contribution in [3.8, 4) is 0 Å². The molecule has 1 aliphatic rings. The summed E-state index contributed by atoms with van der Waals surface area (Å²) in [5, 5.41) is 37.1. The van der Waals surface area contributed by atoms with Crippen LogP contribution in [0.25, 0.3) is 0 Å². The molecule has 21 heavy (non-hydrogen) atoms. The van der Waals surface area contributed by atoms with Gasteiger partial charge in [0.15, 0.2) is 12.2 Å². The van der Waals surface area contributed by atoms with Gasteiger partial charge in [-0.05, 0) is 26.3 Å². The van der Waals surface area contributed by atoms with Gasteiger partial charge in [-0.15, -0.1) is 0 Å². The van der Waals surface area contributed by atoms with Crippen LogP contribution in [0.5, 0.6) is 0 Å². The minimum absolute atomic E-state index is 0.0161. The van der Waals surface area contributed by atoms with Gasteiger partial charge in [0.05, 0.1) is 12.5 Å². The first kappa shape index (κ1) is 19.3. The van der Waals surface area contributed by atoms with Crippen molar-refractivity contribution in [3.05, 3.63) is 0 Å². The maximum absolute atomic E-state index is 10.6. The highest BCUT2D eigenvalue weighted by atomic mass is 16.5. The summed E-state index contributed by atoms with van der Waals surface area (Å²) in [6, 6.07) is 0. The molecule has 0 radical (unpaired) electrons.